The molecule has 0 N–H and O–H groups in total. The highest BCUT2D eigenvalue weighted by molar-refractivity contribution is 5.89. The summed E-state index contributed by atoms with van der Waals surface area (Å²) < 4.78 is 5.78. The summed E-state index contributed by atoms with van der Waals surface area (Å²) >= 11 is 0. The second kappa shape index (κ2) is 4.89. The van der Waals surface area contributed by atoms with Crippen LogP contribution in [0, 0.1) is 10.1 Å². The van der Waals surface area contributed by atoms with Gasteiger partial charge < -0.3 is 4.74 Å². The zero-order valence-corrected chi connectivity index (χ0v) is 10.0. The monoisotopic (exact) mass is 262 g/mol. The van der Waals surface area contributed by atoms with Crippen LogP contribution < -0.4 is 5.43 Å². The molecule has 2 aromatic rings. The maximum Gasteiger partial charge on any atom is 0.418 e. The van der Waals surface area contributed by atoms with Crippen LogP contribution in [-0.4, -0.2) is 22.2 Å². The molecule has 2 rings (SSSR count). The predicted octanol–water partition coefficient (Wildman–Crippen LogP) is 1.91. The van der Waals surface area contributed by atoms with E-state index in [9.17, 15) is 19.7 Å². The number of carbonyl (C=O) groups is 1. The molecule has 1 heterocycles. The van der Waals surface area contributed by atoms with Crippen LogP contribution in [0.3, 0.4) is 0 Å². The van der Waals surface area contributed by atoms with E-state index in [1.165, 1.54) is 12.1 Å². The maximum absolute atomic E-state index is 11.9. The Morgan fingerprint density at radius 1 is 1.42 bits per heavy atom. The number of carbonyl (C=O) groups excluding carboxylic acids is 1. The molecule has 0 unspecified atom stereocenters. The fraction of sp³-hybridized carbons (Fsp3) is 0.167. The number of ether oxygens (including phenoxy) is 1. The number of fused-ring (bicyclic) bond motifs is 1. The lowest BCUT2D eigenvalue weighted by molar-refractivity contribution is -0.386. The minimum absolute atomic E-state index is 0.102. The molecule has 0 spiro atoms. The summed E-state index contributed by atoms with van der Waals surface area (Å²) in [6.07, 6.45) is 0.129. The second-order valence-corrected chi connectivity index (χ2v) is 3.69. The van der Waals surface area contributed by atoms with E-state index in [0.717, 1.165) is 10.8 Å². The Morgan fingerprint density at radius 2 is 2.11 bits per heavy atom. The predicted molar refractivity (Wildman–Crippen MR) is 67.3 cm³/mol. The Balaban J connectivity index is 2.82. The summed E-state index contributed by atoms with van der Waals surface area (Å²) in [5.74, 6) is 0. The minimum atomic E-state index is -0.815. The molecule has 0 saturated carbocycles. The van der Waals surface area contributed by atoms with Crippen molar-refractivity contribution in [1.29, 1.82) is 0 Å². The van der Waals surface area contributed by atoms with Gasteiger partial charge in [0.15, 0.2) is 0 Å². The Labute approximate surface area is 107 Å². The van der Waals surface area contributed by atoms with Crippen LogP contribution in [0.1, 0.15) is 6.92 Å². The van der Waals surface area contributed by atoms with Crippen molar-refractivity contribution >= 4 is 22.7 Å². The smallest absolute Gasteiger partial charge is 0.418 e. The number of aromatic nitrogens is 1. The molecule has 0 saturated heterocycles. The van der Waals surface area contributed by atoms with Gasteiger partial charge in [-0.25, -0.2) is 9.36 Å². The summed E-state index contributed by atoms with van der Waals surface area (Å²) in [7, 11) is 0. The van der Waals surface area contributed by atoms with Crippen LogP contribution >= 0.6 is 0 Å². The van der Waals surface area contributed by atoms with Gasteiger partial charge in [0.2, 0.25) is 0 Å². The van der Waals surface area contributed by atoms with Crippen molar-refractivity contribution in [3.05, 3.63) is 50.8 Å². The lowest BCUT2D eigenvalue weighted by Gasteiger charge is -2.08. The number of pyridine rings is 1. The average Bonchev–Trinajstić information content (AvgIpc) is 2.39. The van der Waals surface area contributed by atoms with Gasteiger partial charge >= 0.3 is 11.8 Å². The summed E-state index contributed by atoms with van der Waals surface area (Å²) in [5, 5.41) is 10.9. The Morgan fingerprint density at radius 3 is 2.74 bits per heavy atom. The van der Waals surface area contributed by atoms with Crippen LogP contribution in [-0.2, 0) is 4.74 Å². The number of para-hydroxylation sites is 1. The summed E-state index contributed by atoms with van der Waals surface area (Å²) in [6.45, 7) is 1.75. The molecule has 0 aliphatic heterocycles. The molecule has 0 atom stereocenters. The van der Waals surface area contributed by atoms with E-state index in [-0.39, 0.29) is 17.5 Å². The van der Waals surface area contributed by atoms with Crippen LogP contribution in [0.5, 0.6) is 0 Å². The van der Waals surface area contributed by atoms with Gasteiger partial charge in [-0.3, -0.25) is 14.9 Å². The van der Waals surface area contributed by atoms with Gasteiger partial charge in [-0.1, -0.05) is 12.1 Å². The van der Waals surface area contributed by atoms with Gasteiger partial charge in [0.1, 0.15) is 0 Å². The van der Waals surface area contributed by atoms with Gasteiger partial charge in [0, 0.05) is 0 Å². The summed E-state index contributed by atoms with van der Waals surface area (Å²) in [4.78, 5) is 33.7. The SMILES string of the molecule is CCOC(=O)n1cc([N+](=O)[O-])c(=O)c2ccccc21. The number of hydrogen-bond acceptors (Lipinski definition) is 5. The maximum atomic E-state index is 11.9. The van der Waals surface area contributed by atoms with Gasteiger partial charge in [-0.05, 0) is 19.1 Å². The second-order valence-electron chi connectivity index (χ2n) is 3.69. The van der Waals surface area contributed by atoms with Gasteiger partial charge in [-0.2, -0.15) is 0 Å². The van der Waals surface area contributed by atoms with Crippen molar-refractivity contribution in [2.24, 2.45) is 0 Å². The van der Waals surface area contributed by atoms with Crippen LogP contribution in [0.4, 0.5) is 10.5 Å². The van der Waals surface area contributed by atoms with E-state index in [2.05, 4.69) is 0 Å². The number of rotatable bonds is 2. The molecule has 0 radical (unpaired) electrons. The minimum Gasteiger partial charge on any atom is -0.449 e. The molecular formula is C12H10N2O5. The van der Waals surface area contributed by atoms with E-state index >= 15 is 0 Å². The van der Waals surface area contributed by atoms with Crippen molar-refractivity contribution in [3.63, 3.8) is 0 Å². The molecular weight excluding hydrogens is 252 g/mol. The first-order chi connectivity index (χ1) is 9.06. The van der Waals surface area contributed by atoms with Crippen molar-refractivity contribution < 1.29 is 14.5 Å². The zero-order chi connectivity index (χ0) is 14.0. The van der Waals surface area contributed by atoms with E-state index in [1.54, 1.807) is 19.1 Å². The molecule has 0 amide bonds. The fourth-order valence-electron chi connectivity index (χ4n) is 1.74. The van der Waals surface area contributed by atoms with Crippen molar-refractivity contribution in [3.8, 4) is 0 Å². The first kappa shape index (κ1) is 12.7. The molecule has 98 valence electrons. The summed E-state index contributed by atoms with van der Waals surface area (Å²) in [6, 6.07) is 6.16. The third kappa shape index (κ3) is 2.17. The van der Waals surface area contributed by atoms with Crippen LogP contribution in [0.2, 0.25) is 0 Å². The van der Waals surface area contributed by atoms with Gasteiger partial charge in [-0.15, -0.1) is 0 Å². The molecule has 0 aliphatic rings. The molecule has 7 nitrogen and oxygen atoms in total. The molecule has 1 aromatic carbocycles. The van der Waals surface area contributed by atoms with Gasteiger partial charge in [0.05, 0.1) is 28.6 Å². The highest BCUT2D eigenvalue weighted by Crippen LogP contribution is 2.15. The molecule has 0 aliphatic carbocycles. The van der Waals surface area contributed by atoms with E-state index < -0.39 is 22.1 Å². The van der Waals surface area contributed by atoms with E-state index in [0.29, 0.717) is 0 Å². The Kier molecular flexibility index (Phi) is 3.28. The van der Waals surface area contributed by atoms with Crippen molar-refractivity contribution in [2.45, 2.75) is 6.92 Å². The van der Waals surface area contributed by atoms with E-state index in [4.69, 9.17) is 4.74 Å². The van der Waals surface area contributed by atoms with Crippen LogP contribution in [0.25, 0.3) is 10.9 Å². The lowest BCUT2D eigenvalue weighted by atomic mass is 10.2. The van der Waals surface area contributed by atoms with Crippen LogP contribution in [0.15, 0.2) is 35.3 Å². The lowest BCUT2D eigenvalue weighted by Crippen LogP contribution is -2.19. The molecule has 7 heteroatoms. The Hall–Kier alpha value is -2.70. The topological polar surface area (TPSA) is 91.4 Å². The molecule has 19 heavy (non-hydrogen) atoms. The van der Waals surface area contributed by atoms with Crippen molar-refractivity contribution in [2.75, 3.05) is 6.61 Å². The number of nitro groups is 1. The molecule has 1 aromatic heterocycles. The summed E-state index contributed by atoms with van der Waals surface area (Å²) in [5.41, 5.74) is -1.11. The Bertz CT molecular complexity index is 720. The quantitative estimate of drug-likeness (QED) is 0.609. The number of nitrogens with zero attached hydrogens (tertiary/aromatic N) is 2. The molecule has 0 fully saturated rings. The third-order valence-corrected chi connectivity index (χ3v) is 2.55. The normalized spacial score (nSPS) is 10.4. The number of benzene rings is 1. The number of hydrogen-bond donors (Lipinski definition) is 0. The molecule has 0 bridgehead atoms. The third-order valence-electron chi connectivity index (χ3n) is 2.55. The first-order valence-corrected chi connectivity index (χ1v) is 5.52. The highest BCUT2D eigenvalue weighted by Gasteiger charge is 2.20. The standard InChI is InChI=1S/C12H10N2O5/c1-2-19-12(16)13-7-10(14(17)18)11(15)8-5-3-4-6-9(8)13/h3-7H,2H2,1H3. The first-order valence-electron chi connectivity index (χ1n) is 5.52. The average molecular weight is 262 g/mol. The van der Waals surface area contributed by atoms with Crippen molar-refractivity contribution in [1.82, 2.24) is 4.57 Å². The highest BCUT2D eigenvalue weighted by atomic mass is 16.6. The van der Waals surface area contributed by atoms with E-state index in [1.807, 2.05) is 0 Å². The fourth-order valence-corrected chi connectivity index (χ4v) is 1.74. The largest absolute Gasteiger partial charge is 0.449 e. The van der Waals surface area contributed by atoms with Gasteiger partial charge in [0.25, 0.3) is 5.43 Å². The zero-order valence-electron chi connectivity index (χ0n) is 10.0.